The normalized spacial score (nSPS) is 10.7. The van der Waals surface area contributed by atoms with E-state index in [4.69, 9.17) is 4.74 Å². The van der Waals surface area contributed by atoms with Gasteiger partial charge < -0.3 is 10.1 Å². The van der Waals surface area contributed by atoms with Gasteiger partial charge >= 0.3 is 0 Å². The van der Waals surface area contributed by atoms with Crippen LogP contribution in [-0.4, -0.2) is 34.7 Å². The molecule has 112 valence electrons. The van der Waals surface area contributed by atoms with Crippen molar-refractivity contribution in [1.82, 2.24) is 20.5 Å². The number of nitrogens with one attached hydrogen (secondary N) is 2. The molecule has 6 nitrogen and oxygen atoms in total. The second kappa shape index (κ2) is 6.88. The molecule has 1 aromatic carbocycles. The van der Waals surface area contributed by atoms with E-state index in [1.54, 1.807) is 19.2 Å². The molecule has 0 atom stereocenters. The largest absolute Gasteiger partial charge is 0.496 e. The van der Waals surface area contributed by atoms with E-state index in [-0.39, 0.29) is 11.8 Å². The van der Waals surface area contributed by atoms with Crippen LogP contribution in [0, 0.1) is 0 Å². The number of aromatic nitrogens is 3. The lowest BCUT2D eigenvalue weighted by Crippen LogP contribution is -2.26. The fourth-order valence-electron chi connectivity index (χ4n) is 1.90. The lowest BCUT2D eigenvalue weighted by Gasteiger charge is -2.08. The summed E-state index contributed by atoms with van der Waals surface area (Å²) in [6.45, 7) is 4.57. The van der Waals surface area contributed by atoms with Gasteiger partial charge in [-0.15, -0.1) is 0 Å². The van der Waals surface area contributed by atoms with Crippen molar-refractivity contribution in [3.8, 4) is 5.75 Å². The van der Waals surface area contributed by atoms with Gasteiger partial charge in [0.25, 0.3) is 5.91 Å². The van der Waals surface area contributed by atoms with Gasteiger partial charge in [0.2, 0.25) is 0 Å². The Balaban J connectivity index is 1.89. The Labute approximate surface area is 123 Å². The Hall–Kier alpha value is -2.37. The number of aromatic amines is 1. The summed E-state index contributed by atoms with van der Waals surface area (Å²) in [5.41, 5.74) is 0.528. The molecule has 0 aliphatic heterocycles. The predicted octanol–water partition coefficient (Wildman–Crippen LogP) is 1.91. The van der Waals surface area contributed by atoms with E-state index < -0.39 is 0 Å². The number of carbonyl (C=O) groups excluding carboxylic acids is 1. The van der Waals surface area contributed by atoms with Gasteiger partial charge in [-0.05, 0) is 12.1 Å². The monoisotopic (exact) mass is 288 g/mol. The summed E-state index contributed by atoms with van der Waals surface area (Å²) >= 11 is 0. The zero-order chi connectivity index (χ0) is 15.2. The van der Waals surface area contributed by atoms with E-state index in [0.717, 1.165) is 11.6 Å². The number of rotatable bonds is 6. The number of hydrogen-bond acceptors (Lipinski definition) is 4. The summed E-state index contributed by atoms with van der Waals surface area (Å²) < 4.78 is 5.17. The molecule has 1 aromatic heterocycles. The van der Waals surface area contributed by atoms with Crippen LogP contribution >= 0.6 is 0 Å². The molecular weight excluding hydrogens is 268 g/mol. The first-order valence-electron chi connectivity index (χ1n) is 6.94. The summed E-state index contributed by atoms with van der Waals surface area (Å²) in [5, 5.41) is 9.87. The summed E-state index contributed by atoms with van der Waals surface area (Å²) in [4.78, 5) is 16.5. The number of H-pyrrole nitrogens is 1. The number of nitrogens with zero attached hydrogens (tertiary/aromatic N) is 2. The van der Waals surface area contributed by atoms with Gasteiger partial charge in [0.1, 0.15) is 11.6 Å². The molecule has 0 saturated carbocycles. The van der Waals surface area contributed by atoms with Crippen molar-refractivity contribution in [3.63, 3.8) is 0 Å². The molecule has 21 heavy (non-hydrogen) atoms. The van der Waals surface area contributed by atoms with Crippen LogP contribution in [0.2, 0.25) is 0 Å². The molecule has 0 radical (unpaired) electrons. The third-order valence-electron chi connectivity index (χ3n) is 3.06. The number of methoxy groups -OCH3 is 1. The van der Waals surface area contributed by atoms with Gasteiger partial charge in [-0.2, -0.15) is 5.10 Å². The SMILES string of the molecule is COc1ccccc1C(=O)NCCc1nc(C(C)C)n[nH]1. The van der Waals surface area contributed by atoms with Crippen molar-refractivity contribution in [1.29, 1.82) is 0 Å². The first-order chi connectivity index (χ1) is 10.1. The Morgan fingerprint density at radius 3 is 2.81 bits per heavy atom. The minimum Gasteiger partial charge on any atom is -0.496 e. The van der Waals surface area contributed by atoms with Crippen LogP contribution in [0.4, 0.5) is 0 Å². The number of amides is 1. The molecule has 1 heterocycles. The van der Waals surface area contributed by atoms with E-state index in [1.807, 2.05) is 26.0 Å². The van der Waals surface area contributed by atoms with Crippen molar-refractivity contribution < 1.29 is 9.53 Å². The maximum atomic E-state index is 12.1. The quantitative estimate of drug-likeness (QED) is 0.851. The second-order valence-electron chi connectivity index (χ2n) is 5.00. The van der Waals surface area contributed by atoms with Gasteiger partial charge in [-0.3, -0.25) is 9.89 Å². The average molecular weight is 288 g/mol. The zero-order valence-electron chi connectivity index (χ0n) is 12.5. The number of carbonyl (C=O) groups is 1. The molecule has 0 fully saturated rings. The van der Waals surface area contributed by atoms with Gasteiger partial charge in [-0.1, -0.05) is 26.0 Å². The Morgan fingerprint density at radius 1 is 1.38 bits per heavy atom. The van der Waals surface area contributed by atoms with E-state index >= 15 is 0 Å². The predicted molar refractivity (Wildman–Crippen MR) is 79.5 cm³/mol. The summed E-state index contributed by atoms with van der Waals surface area (Å²) in [7, 11) is 1.55. The summed E-state index contributed by atoms with van der Waals surface area (Å²) in [6, 6.07) is 7.14. The van der Waals surface area contributed by atoms with Crippen LogP contribution in [0.5, 0.6) is 5.75 Å². The van der Waals surface area contributed by atoms with Crippen molar-refractivity contribution in [2.75, 3.05) is 13.7 Å². The summed E-state index contributed by atoms with van der Waals surface area (Å²) in [5.74, 6) is 2.27. The molecule has 0 unspecified atom stereocenters. The maximum Gasteiger partial charge on any atom is 0.255 e. The molecule has 6 heteroatoms. The van der Waals surface area contributed by atoms with Crippen LogP contribution in [0.25, 0.3) is 0 Å². The number of ether oxygens (including phenoxy) is 1. The zero-order valence-corrected chi connectivity index (χ0v) is 12.5. The topological polar surface area (TPSA) is 79.9 Å². The van der Waals surface area contributed by atoms with Gasteiger partial charge in [0, 0.05) is 18.9 Å². The molecule has 2 rings (SSSR count). The fourth-order valence-corrected chi connectivity index (χ4v) is 1.90. The second-order valence-corrected chi connectivity index (χ2v) is 5.00. The first kappa shape index (κ1) is 15.0. The van der Waals surface area contributed by atoms with Crippen molar-refractivity contribution in [3.05, 3.63) is 41.5 Å². The van der Waals surface area contributed by atoms with E-state index in [0.29, 0.717) is 24.3 Å². The highest BCUT2D eigenvalue weighted by molar-refractivity contribution is 5.96. The van der Waals surface area contributed by atoms with Crippen molar-refractivity contribution in [2.45, 2.75) is 26.2 Å². The number of para-hydroxylation sites is 1. The van der Waals surface area contributed by atoms with E-state index in [2.05, 4.69) is 20.5 Å². The highest BCUT2D eigenvalue weighted by Gasteiger charge is 2.11. The average Bonchev–Trinajstić information content (AvgIpc) is 2.96. The Morgan fingerprint density at radius 2 is 2.14 bits per heavy atom. The minimum absolute atomic E-state index is 0.156. The van der Waals surface area contributed by atoms with Crippen LogP contribution in [-0.2, 0) is 6.42 Å². The molecular formula is C15H20N4O2. The smallest absolute Gasteiger partial charge is 0.255 e. The van der Waals surface area contributed by atoms with Crippen LogP contribution in [0.15, 0.2) is 24.3 Å². The third kappa shape index (κ3) is 3.81. The molecule has 2 aromatic rings. The molecule has 2 N–H and O–H groups in total. The van der Waals surface area contributed by atoms with Crippen LogP contribution in [0.1, 0.15) is 41.8 Å². The molecule has 0 saturated heterocycles. The van der Waals surface area contributed by atoms with Crippen LogP contribution in [0.3, 0.4) is 0 Å². The van der Waals surface area contributed by atoms with E-state index in [9.17, 15) is 4.79 Å². The van der Waals surface area contributed by atoms with Gasteiger partial charge in [0.15, 0.2) is 5.82 Å². The molecule has 0 aliphatic rings. The fraction of sp³-hybridized carbons (Fsp3) is 0.400. The lowest BCUT2D eigenvalue weighted by molar-refractivity contribution is 0.0951. The Bertz CT molecular complexity index is 607. The first-order valence-corrected chi connectivity index (χ1v) is 6.94. The molecule has 0 aliphatic carbocycles. The third-order valence-corrected chi connectivity index (χ3v) is 3.06. The maximum absolute atomic E-state index is 12.1. The highest BCUT2D eigenvalue weighted by Crippen LogP contribution is 2.16. The standard InChI is InChI=1S/C15H20N4O2/c1-10(2)14-17-13(18-19-14)8-9-16-15(20)11-6-4-5-7-12(11)21-3/h4-7,10H,8-9H2,1-3H3,(H,16,20)(H,17,18,19). The van der Waals surface area contributed by atoms with Crippen molar-refractivity contribution >= 4 is 5.91 Å². The van der Waals surface area contributed by atoms with Crippen molar-refractivity contribution in [2.24, 2.45) is 0 Å². The lowest BCUT2D eigenvalue weighted by atomic mass is 10.2. The van der Waals surface area contributed by atoms with Gasteiger partial charge in [0.05, 0.1) is 12.7 Å². The molecule has 0 spiro atoms. The van der Waals surface area contributed by atoms with E-state index in [1.165, 1.54) is 0 Å². The Kier molecular flexibility index (Phi) is 4.92. The molecule has 0 bridgehead atoms. The summed E-state index contributed by atoms with van der Waals surface area (Å²) in [6.07, 6.45) is 0.612. The number of hydrogen-bond donors (Lipinski definition) is 2. The number of benzene rings is 1. The van der Waals surface area contributed by atoms with Crippen LogP contribution < -0.4 is 10.1 Å². The molecule has 1 amide bonds. The minimum atomic E-state index is -0.156. The van der Waals surface area contributed by atoms with Gasteiger partial charge in [-0.25, -0.2) is 4.98 Å². The highest BCUT2D eigenvalue weighted by atomic mass is 16.5.